The van der Waals surface area contributed by atoms with E-state index in [0.29, 0.717) is 4.57 Å². The van der Waals surface area contributed by atoms with Gasteiger partial charge in [0.15, 0.2) is 12.2 Å². The van der Waals surface area contributed by atoms with Crippen LogP contribution in [0.5, 0.6) is 0 Å². The molecule has 13 heteroatoms. The summed E-state index contributed by atoms with van der Waals surface area (Å²) in [4.78, 5) is 54.9. The number of hydrogen-bond donors (Lipinski definition) is 1. The van der Waals surface area contributed by atoms with Gasteiger partial charge in [-0.15, -0.1) is 0 Å². The van der Waals surface area contributed by atoms with Gasteiger partial charge in [-0.1, -0.05) is 54.6 Å². The Morgan fingerprint density at radius 1 is 0.841 bits per heavy atom. The summed E-state index contributed by atoms with van der Waals surface area (Å²) in [5.74, 6) is -7.25. The molecule has 1 aromatic heterocycles. The number of halogens is 2. The number of nitrogen functional groups attached to an aromatic ring is 1. The van der Waals surface area contributed by atoms with Crippen molar-refractivity contribution in [2.45, 2.75) is 30.5 Å². The minimum absolute atomic E-state index is 0.0508. The van der Waals surface area contributed by atoms with Gasteiger partial charge in [0, 0.05) is 6.20 Å². The fourth-order valence-corrected chi connectivity index (χ4v) is 4.50. The van der Waals surface area contributed by atoms with Gasteiger partial charge in [0.25, 0.3) is 0 Å². The monoisotopic (exact) mass is 605 g/mol. The van der Waals surface area contributed by atoms with Crippen LogP contribution >= 0.6 is 0 Å². The van der Waals surface area contributed by atoms with E-state index in [-0.39, 0.29) is 22.5 Å². The lowest BCUT2D eigenvalue weighted by Crippen LogP contribution is -2.49. The number of benzene rings is 3. The number of hydrogen-bond acceptors (Lipinski definition) is 10. The predicted molar refractivity (Wildman–Crippen MR) is 150 cm³/mol. The molecule has 0 saturated carbocycles. The van der Waals surface area contributed by atoms with Crippen molar-refractivity contribution in [1.29, 1.82) is 0 Å². The topological polar surface area (TPSA) is 149 Å². The average Bonchev–Trinajstić information content (AvgIpc) is 3.29. The molecule has 1 aliphatic rings. The number of alkyl halides is 2. The highest BCUT2D eigenvalue weighted by atomic mass is 19.3. The molecular formula is C31H25F2N3O8. The normalized spacial score (nSPS) is 19.5. The number of rotatable bonds is 9. The zero-order valence-electron chi connectivity index (χ0n) is 22.8. The van der Waals surface area contributed by atoms with Gasteiger partial charge < -0.3 is 24.7 Å². The van der Waals surface area contributed by atoms with Crippen molar-refractivity contribution in [1.82, 2.24) is 9.55 Å². The zero-order chi connectivity index (χ0) is 31.3. The Morgan fingerprint density at radius 2 is 1.36 bits per heavy atom. The predicted octanol–water partition coefficient (Wildman–Crippen LogP) is 3.67. The van der Waals surface area contributed by atoms with Crippen LogP contribution in [0.2, 0.25) is 0 Å². The summed E-state index contributed by atoms with van der Waals surface area (Å²) in [6.45, 7) is -0.770. The van der Waals surface area contributed by atoms with E-state index in [0.717, 1.165) is 12.3 Å². The maximum absolute atomic E-state index is 16.2. The van der Waals surface area contributed by atoms with Gasteiger partial charge in [-0.2, -0.15) is 13.8 Å². The summed E-state index contributed by atoms with van der Waals surface area (Å²) >= 11 is 0. The standard InChI is InChI=1S/C31H25F2N3O8/c32-31(33)25(44-28(39)21-14-8-3-9-15-21)24(43-29(31)36-17-16-23(34)35-30(36)40)22(42-27(38)20-12-6-2-7-13-20)18-41-26(37)19-10-4-1-5-11-19/h1-17,22,24-25,29H,18H2,(H2,34,35,40). The third kappa shape index (κ3) is 6.47. The summed E-state index contributed by atoms with van der Waals surface area (Å²) in [7, 11) is 0. The van der Waals surface area contributed by atoms with Gasteiger partial charge in [0.05, 0.1) is 16.7 Å². The van der Waals surface area contributed by atoms with E-state index in [4.69, 9.17) is 24.7 Å². The number of nitrogens with zero attached hydrogens (tertiary/aromatic N) is 2. The number of carbonyl (C=O) groups excluding carboxylic acids is 3. The van der Waals surface area contributed by atoms with E-state index in [1.165, 1.54) is 48.5 Å². The van der Waals surface area contributed by atoms with Crippen LogP contribution in [-0.4, -0.2) is 58.3 Å². The Morgan fingerprint density at radius 3 is 1.91 bits per heavy atom. The Bertz CT molecular complexity index is 1690. The lowest BCUT2D eigenvalue weighted by Gasteiger charge is -2.28. The van der Waals surface area contributed by atoms with Gasteiger partial charge >= 0.3 is 29.5 Å². The summed E-state index contributed by atoms with van der Waals surface area (Å²) in [5.41, 5.74) is 4.51. The molecule has 0 aliphatic carbocycles. The molecule has 1 aliphatic heterocycles. The SMILES string of the molecule is Nc1ccn(C2OC(C(COC(=O)c3ccccc3)OC(=O)c3ccccc3)C(OC(=O)c3ccccc3)C2(F)F)c(=O)n1. The van der Waals surface area contributed by atoms with Gasteiger partial charge in [-0.05, 0) is 42.5 Å². The minimum Gasteiger partial charge on any atom is -0.458 e. The van der Waals surface area contributed by atoms with Gasteiger partial charge in [-0.25, -0.2) is 19.2 Å². The average molecular weight is 606 g/mol. The van der Waals surface area contributed by atoms with Crippen LogP contribution in [0.4, 0.5) is 14.6 Å². The lowest BCUT2D eigenvalue weighted by molar-refractivity contribution is -0.143. The minimum atomic E-state index is -4.09. The van der Waals surface area contributed by atoms with Gasteiger partial charge in [0.1, 0.15) is 18.5 Å². The maximum Gasteiger partial charge on any atom is 0.351 e. The number of carbonyl (C=O) groups is 3. The molecule has 4 aromatic rings. The summed E-state index contributed by atoms with van der Waals surface area (Å²) < 4.78 is 54.7. The van der Waals surface area contributed by atoms with Crippen molar-refractivity contribution in [2.24, 2.45) is 0 Å². The van der Waals surface area contributed by atoms with Crippen molar-refractivity contribution < 1.29 is 42.1 Å². The number of aromatic nitrogens is 2. The smallest absolute Gasteiger partial charge is 0.351 e. The third-order valence-electron chi connectivity index (χ3n) is 6.66. The van der Waals surface area contributed by atoms with Crippen LogP contribution in [0, 0.1) is 0 Å². The Kier molecular flexibility index (Phi) is 8.76. The first kappa shape index (κ1) is 30.0. The number of ether oxygens (including phenoxy) is 4. The van der Waals surface area contributed by atoms with Gasteiger partial charge in [0.2, 0.25) is 6.23 Å². The first-order valence-electron chi connectivity index (χ1n) is 13.3. The van der Waals surface area contributed by atoms with Crippen molar-refractivity contribution in [3.63, 3.8) is 0 Å². The van der Waals surface area contributed by atoms with Crippen molar-refractivity contribution in [3.8, 4) is 0 Å². The summed E-state index contributed by atoms with van der Waals surface area (Å²) in [6, 6.07) is 23.8. The van der Waals surface area contributed by atoms with Crippen molar-refractivity contribution in [2.75, 3.05) is 12.3 Å². The van der Waals surface area contributed by atoms with Crippen LogP contribution in [0.15, 0.2) is 108 Å². The molecule has 5 rings (SSSR count). The second-order valence-electron chi connectivity index (χ2n) is 9.64. The molecule has 4 unspecified atom stereocenters. The molecule has 1 fully saturated rings. The zero-order valence-corrected chi connectivity index (χ0v) is 22.8. The highest BCUT2D eigenvalue weighted by Crippen LogP contribution is 2.45. The van der Waals surface area contributed by atoms with Crippen LogP contribution in [-0.2, 0) is 18.9 Å². The number of nitrogens with two attached hydrogens (primary N) is 1. The molecule has 0 radical (unpaired) electrons. The molecule has 0 spiro atoms. The highest BCUT2D eigenvalue weighted by molar-refractivity contribution is 5.90. The van der Waals surface area contributed by atoms with E-state index in [1.807, 2.05) is 0 Å². The maximum atomic E-state index is 16.2. The Hall–Kier alpha value is -5.43. The van der Waals surface area contributed by atoms with E-state index in [9.17, 15) is 19.2 Å². The van der Waals surface area contributed by atoms with E-state index >= 15 is 8.78 Å². The Balaban J connectivity index is 1.52. The molecule has 1 saturated heterocycles. The molecule has 2 N–H and O–H groups in total. The first-order valence-corrected chi connectivity index (χ1v) is 13.3. The van der Waals surface area contributed by atoms with Crippen molar-refractivity contribution >= 4 is 23.7 Å². The number of esters is 3. The molecule has 4 atom stereocenters. The number of anilines is 1. The molecule has 226 valence electrons. The molecule has 2 heterocycles. The lowest BCUT2D eigenvalue weighted by atomic mass is 10.0. The van der Waals surface area contributed by atoms with E-state index < -0.39 is 60.7 Å². The largest absolute Gasteiger partial charge is 0.458 e. The van der Waals surface area contributed by atoms with Crippen molar-refractivity contribution in [3.05, 3.63) is 130 Å². The molecule has 11 nitrogen and oxygen atoms in total. The molecular weight excluding hydrogens is 580 g/mol. The molecule has 44 heavy (non-hydrogen) atoms. The first-order chi connectivity index (χ1) is 21.1. The summed E-state index contributed by atoms with van der Waals surface area (Å²) in [5, 5.41) is 0. The third-order valence-corrected chi connectivity index (χ3v) is 6.66. The quantitative estimate of drug-likeness (QED) is 0.221. The highest BCUT2D eigenvalue weighted by Gasteiger charge is 2.65. The van der Waals surface area contributed by atoms with Crippen LogP contribution in [0.3, 0.4) is 0 Å². The second-order valence-corrected chi connectivity index (χ2v) is 9.64. The Labute approximate surface area is 248 Å². The molecule has 3 aromatic carbocycles. The summed E-state index contributed by atoms with van der Waals surface area (Å²) in [6.07, 6.45) is -7.51. The van der Waals surface area contributed by atoms with E-state index in [1.54, 1.807) is 42.5 Å². The van der Waals surface area contributed by atoms with Crippen LogP contribution < -0.4 is 11.4 Å². The molecule has 0 amide bonds. The fraction of sp³-hybridized carbons (Fsp3) is 0.194. The molecule has 0 bridgehead atoms. The fourth-order valence-electron chi connectivity index (χ4n) is 4.50. The van der Waals surface area contributed by atoms with Crippen LogP contribution in [0.1, 0.15) is 37.3 Å². The van der Waals surface area contributed by atoms with E-state index in [2.05, 4.69) is 4.98 Å². The van der Waals surface area contributed by atoms with Gasteiger partial charge in [-0.3, -0.25) is 4.57 Å². The van der Waals surface area contributed by atoms with Crippen LogP contribution in [0.25, 0.3) is 0 Å². The second kappa shape index (κ2) is 12.8.